The van der Waals surface area contributed by atoms with Gasteiger partial charge < -0.3 is 4.57 Å². The van der Waals surface area contributed by atoms with Crippen LogP contribution in [0.5, 0.6) is 0 Å². The zero-order chi connectivity index (χ0) is 36.0. The number of fused-ring (bicyclic) bond motifs is 11. The summed E-state index contributed by atoms with van der Waals surface area (Å²) in [7, 11) is 0. The number of hydrogen-bond donors (Lipinski definition) is 0. The van der Waals surface area contributed by atoms with E-state index in [9.17, 15) is 0 Å². The summed E-state index contributed by atoms with van der Waals surface area (Å²) >= 11 is 1.82. The minimum Gasteiger partial charge on any atom is -0.309 e. The minimum absolute atomic E-state index is 0.668. The maximum Gasteiger partial charge on any atom is 0.235 e. The first-order valence-corrected chi connectivity index (χ1v) is 19.4. The van der Waals surface area contributed by atoms with Crippen molar-refractivity contribution in [3.05, 3.63) is 182 Å². The number of benzene rings is 8. The topological polar surface area (TPSA) is 35.6 Å². The van der Waals surface area contributed by atoms with Crippen molar-refractivity contribution in [2.45, 2.75) is 0 Å². The summed E-state index contributed by atoms with van der Waals surface area (Å²) in [6, 6.07) is 65.3. The van der Waals surface area contributed by atoms with E-state index in [-0.39, 0.29) is 0 Å². The molecule has 8 aromatic carbocycles. The minimum atomic E-state index is 0.668. The summed E-state index contributed by atoms with van der Waals surface area (Å²) in [5, 5.41) is 8.44. The van der Waals surface area contributed by atoms with Crippen LogP contribution in [0.4, 0.5) is 0 Å². The first-order chi connectivity index (χ1) is 27.3. The second-order valence-electron chi connectivity index (χ2n) is 14.2. The number of para-hydroxylation sites is 3. The fourth-order valence-electron chi connectivity index (χ4n) is 8.67. The third-order valence-corrected chi connectivity index (χ3v) is 12.3. The third-order valence-electron chi connectivity index (χ3n) is 11.1. The molecule has 5 heteroatoms. The zero-order valence-electron chi connectivity index (χ0n) is 29.5. The molecule has 4 nitrogen and oxygen atoms in total. The molecule has 0 radical (unpaired) electrons. The Labute approximate surface area is 319 Å². The lowest BCUT2D eigenvalue weighted by Crippen LogP contribution is -2.03. The molecule has 0 aliphatic heterocycles. The summed E-state index contributed by atoms with van der Waals surface area (Å²) in [5.41, 5.74) is 11.0. The van der Waals surface area contributed by atoms with Gasteiger partial charge in [0.05, 0.1) is 33.3 Å². The van der Waals surface area contributed by atoms with Crippen molar-refractivity contribution >= 4 is 86.0 Å². The Morgan fingerprint density at radius 1 is 0.382 bits per heavy atom. The van der Waals surface area contributed by atoms with Gasteiger partial charge in [0.15, 0.2) is 0 Å². The Bertz CT molecular complexity index is 3480. The molecule has 0 amide bonds. The van der Waals surface area contributed by atoms with E-state index in [0.29, 0.717) is 5.95 Å². The van der Waals surface area contributed by atoms with Gasteiger partial charge in [-0.1, -0.05) is 121 Å². The van der Waals surface area contributed by atoms with E-state index in [1.165, 1.54) is 63.9 Å². The van der Waals surface area contributed by atoms with Crippen LogP contribution >= 0.6 is 11.3 Å². The molecule has 0 fully saturated rings. The standard InChI is InChI=1S/C50H30N4S/c1-3-13-31(14-4-1)48-47-41(26-25-38-37-19-9-12-22-46(37)55-49(38)47)51-50(52-48)54-43-21-11-8-18-36(43)40-30-33(24-28-45(40)54)32-23-27-44-39(29-32)35-17-7-10-20-42(35)53(44)34-15-5-2-6-16-34/h1-30H. The lowest BCUT2D eigenvalue weighted by Gasteiger charge is -2.12. The second kappa shape index (κ2) is 11.7. The monoisotopic (exact) mass is 718 g/mol. The molecule has 0 atom stereocenters. The first kappa shape index (κ1) is 30.4. The van der Waals surface area contributed by atoms with E-state index in [0.717, 1.165) is 38.9 Å². The summed E-state index contributed by atoms with van der Waals surface area (Å²) in [5.74, 6) is 0.668. The van der Waals surface area contributed by atoms with Gasteiger partial charge in [0, 0.05) is 58.4 Å². The number of aromatic nitrogens is 4. The molecule has 0 aliphatic carbocycles. The van der Waals surface area contributed by atoms with E-state index in [4.69, 9.17) is 9.97 Å². The van der Waals surface area contributed by atoms with Crippen LogP contribution in [0.25, 0.3) is 109 Å². The second-order valence-corrected chi connectivity index (χ2v) is 15.2. The molecule has 12 rings (SSSR count). The molecule has 55 heavy (non-hydrogen) atoms. The van der Waals surface area contributed by atoms with Crippen LogP contribution in [-0.2, 0) is 0 Å². The Hall–Kier alpha value is -7.08. The van der Waals surface area contributed by atoms with Crippen molar-refractivity contribution in [1.29, 1.82) is 0 Å². The van der Waals surface area contributed by atoms with E-state index in [1.54, 1.807) is 0 Å². The number of nitrogens with zero attached hydrogens (tertiary/aromatic N) is 4. The van der Waals surface area contributed by atoms with Crippen molar-refractivity contribution < 1.29 is 0 Å². The Morgan fingerprint density at radius 2 is 0.945 bits per heavy atom. The van der Waals surface area contributed by atoms with Gasteiger partial charge in [-0.25, -0.2) is 9.97 Å². The molecule has 4 aromatic heterocycles. The highest BCUT2D eigenvalue weighted by Crippen LogP contribution is 2.43. The quantitative estimate of drug-likeness (QED) is 0.182. The Balaban J connectivity index is 1.08. The molecule has 256 valence electrons. The lowest BCUT2D eigenvalue weighted by molar-refractivity contribution is 1.01. The third kappa shape index (κ3) is 4.51. The fraction of sp³-hybridized carbons (Fsp3) is 0. The zero-order valence-corrected chi connectivity index (χ0v) is 30.3. The lowest BCUT2D eigenvalue weighted by atomic mass is 10.0. The average molecular weight is 719 g/mol. The number of thiophene rings is 1. The van der Waals surface area contributed by atoms with Crippen LogP contribution in [0, 0.1) is 0 Å². The average Bonchev–Trinajstić information content (AvgIpc) is 3.91. The van der Waals surface area contributed by atoms with Gasteiger partial charge in [-0.2, -0.15) is 0 Å². The van der Waals surface area contributed by atoms with Gasteiger partial charge in [-0.15, -0.1) is 11.3 Å². The molecular formula is C50H30N4S. The van der Waals surface area contributed by atoms with Crippen LogP contribution in [0.3, 0.4) is 0 Å². The molecule has 0 saturated carbocycles. The van der Waals surface area contributed by atoms with Crippen molar-refractivity contribution in [1.82, 2.24) is 19.1 Å². The normalized spacial score (nSPS) is 12.0. The maximum absolute atomic E-state index is 5.46. The molecule has 0 aliphatic rings. The summed E-state index contributed by atoms with van der Waals surface area (Å²) in [6.07, 6.45) is 0. The summed E-state index contributed by atoms with van der Waals surface area (Å²) in [4.78, 5) is 10.8. The van der Waals surface area contributed by atoms with Crippen LogP contribution < -0.4 is 0 Å². The summed E-state index contributed by atoms with van der Waals surface area (Å²) in [6.45, 7) is 0. The van der Waals surface area contributed by atoms with Crippen molar-refractivity contribution in [3.63, 3.8) is 0 Å². The largest absolute Gasteiger partial charge is 0.309 e. The molecule has 0 unspecified atom stereocenters. The molecule has 0 spiro atoms. The predicted molar refractivity (Wildman–Crippen MR) is 232 cm³/mol. The van der Waals surface area contributed by atoms with E-state index >= 15 is 0 Å². The Morgan fingerprint density at radius 3 is 1.65 bits per heavy atom. The number of rotatable bonds is 4. The van der Waals surface area contributed by atoms with Crippen LogP contribution in [0.2, 0.25) is 0 Å². The van der Waals surface area contributed by atoms with E-state index < -0.39 is 0 Å². The van der Waals surface area contributed by atoms with Gasteiger partial charge in [0.1, 0.15) is 0 Å². The van der Waals surface area contributed by atoms with Gasteiger partial charge in [0.25, 0.3) is 0 Å². The SMILES string of the molecule is c1ccc(-c2nc(-n3c4ccccc4c4cc(-c5ccc6c(c5)c5ccccc5n6-c5ccccc5)ccc43)nc3ccc4c5ccccc5sc4c23)cc1. The molecule has 0 saturated heterocycles. The van der Waals surface area contributed by atoms with Crippen LogP contribution in [-0.4, -0.2) is 19.1 Å². The van der Waals surface area contributed by atoms with Crippen LogP contribution in [0.15, 0.2) is 182 Å². The smallest absolute Gasteiger partial charge is 0.235 e. The van der Waals surface area contributed by atoms with Crippen molar-refractivity contribution in [3.8, 4) is 34.0 Å². The molecular weight excluding hydrogens is 689 g/mol. The van der Waals surface area contributed by atoms with Gasteiger partial charge >= 0.3 is 0 Å². The van der Waals surface area contributed by atoms with Gasteiger partial charge in [-0.05, 0) is 71.8 Å². The van der Waals surface area contributed by atoms with Gasteiger partial charge in [-0.3, -0.25) is 4.57 Å². The predicted octanol–water partition coefficient (Wildman–Crippen LogP) is 13.5. The van der Waals surface area contributed by atoms with Crippen molar-refractivity contribution in [2.75, 3.05) is 0 Å². The fourth-order valence-corrected chi connectivity index (χ4v) is 9.92. The van der Waals surface area contributed by atoms with E-state index in [2.05, 4.69) is 191 Å². The Kier molecular flexibility index (Phi) is 6.47. The van der Waals surface area contributed by atoms with E-state index in [1.807, 2.05) is 11.3 Å². The van der Waals surface area contributed by atoms with Crippen molar-refractivity contribution in [2.24, 2.45) is 0 Å². The number of hydrogen-bond acceptors (Lipinski definition) is 3. The molecule has 0 bridgehead atoms. The summed E-state index contributed by atoms with van der Waals surface area (Å²) < 4.78 is 7.10. The highest BCUT2D eigenvalue weighted by Gasteiger charge is 2.21. The highest BCUT2D eigenvalue weighted by molar-refractivity contribution is 7.26. The van der Waals surface area contributed by atoms with Gasteiger partial charge in [0.2, 0.25) is 5.95 Å². The van der Waals surface area contributed by atoms with Crippen LogP contribution in [0.1, 0.15) is 0 Å². The molecule has 4 heterocycles. The molecule has 12 aromatic rings. The highest BCUT2D eigenvalue weighted by atomic mass is 32.1. The first-order valence-electron chi connectivity index (χ1n) is 18.6. The molecule has 0 N–H and O–H groups in total. The maximum atomic E-state index is 5.46.